The molecule has 1 amide bonds. The minimum atomic E-state index is -0.0964. The van der Waals surface area contributed by atoms with Crippen LogP contribution in [-0.4, -0.2) is 18.0 Å². The van der Waals surface area contributed by atoms with Crippen molar-refractivity contribution in [2.24, 2.45) is 0 Å². The maximum absolute atomic E-state index is 12.5. The summed E-state index contributed by atoms with van der Waals surface area (Å²) in [5.41, 5.74) is 4.75. The average molecular weight is 308 g/mol. The second-order valence-electron chi connectivity index (χ2n) is 5.65. The van der Waals surface area contributed by atoms with Gasteiger partial charge in [-0.2, -0.15) is 0 Å². The number of methoxy groups -OCH3 is 1. The molecule has 4 nitrogen and oxygen atoms in total. The van der Waals surface area contributed by atoms with Gasteiger partial charge in [-0.25, -0.2) is 0 Å². The van der Waals surface area contributed by atoms with E-state index >= 15 is 0 Å². The lowest BCUT2D eigenvalue weighted by Gasteiger charge is -2.07. The van der Waals surface area contributed by atoms with Crippen molar-refractivity contribution < 1.29 is 9.53 Å². The van der Waals surface area contributed by atoms with Gasteiger partial charge < -0.3 is 15.0 Å². The molecule has 23 heavy (non-hydrogen) atoms. The average Bonchev–Trinajstić information content (AvgIpc) is 2.90. The number of hydrogen-bond donors (Lipinski definition) is 2. The highest BCUT2D eigenvalue weighted by atomic mass is 16.5. The molecule has 0 unspecified atom stereocenters. The van der Waals surface area contributed by atoms with E-state index in [4.69, 9.17) is 4.74 Å². The summed E-state index contributed by atoms with van der Waals surface area (Å²) in [6.07, 6.45) is 0. The number of rotatable bonds is 4. The zero-order valence-corrected chi connectivity index (χ0v) is 13.6. The first-order valence-electron chi connectivity index (χ1n) is 7.59. The van der Waals surface area contributed by atoms with Crippen LogP contribution in [0.15, 0.2) is 42.5 Å². The first-order chi connectivity index (χ1) is 11.1. The number of carbonyl (C=O) groups excluding carboxylic acids is 1. The third-order valence-corrected chi connectivity index (χ3v) is 4.19. The molecule has 3 aromatic rings. The number of benzene rings is 2. The Morgan fingerprint density at radius 1 is 1.17 bits per heavy atom. The molecule has 0 saturated carbocycles. The van der Waals surface area contributed by atoms with Gasteiger partial charge in [0, 0.05) is 23.5 Å². The third-order valence-electron chi connectivity index (χ3n) is 4.19. The Labute approximate surface area is 135 Å². The molecule has 4 heteroatoms. The van der Waals surface area contributed by atoms with Crippen LogP contribution in [0.1, 0.15) is 27.2 Å². The lowest BCUT2D eigenvalue weighted by atomic mass is 10.1. The maximum Gasteiger partial charge on any atom is 0.268 e. The lowest BCUT2D eigenvalue weighted by molar-refractivity contribution is 0.0946. The second kappa shape index (κ2) is 6.16. The number of H-pyrrole nitrogens is 1. The summed E-state index contributed by atoms with van der Waals surface area (Å²) >= 11 is 0. The number of fused-ring (bicyclic) bond motifs is 1. The van der Waals surface area contributed by atoms with Crippen molar-refractivity contribution in [2.75, 3.05) is 7.11 Å². The Morgan fingerprint density at radius 3 is 2.70 bits per heavy atom. The Morgan fingerprint density at radius 2 is 1.96 bits per heavy atom. The summed E-state index contributed by atoms with van der Waals surface area (Å²) in [6.45, 7) is 4.51. The predicted molar refractivity (Wildman–Crippen MR) is 91.9 cm³/mol. The van der Waals surface area contributed by atoms with Crippen LogP contribution in [0.2, 0.25) is 0 Å². The molecule has 0 aliphatic carbocycles. The lowest BCUT2D eigenvalue weighted by Crippen LogP contribution is -2.24. The van der Waals surface area contributed by atoms with Crippen LogP contribution in [0.3, 0.4) is 0 Å². The normalized spacial score (nSPS) is 10.7. The van der Waals surface area contributed by atoms with Crippen molar-refractivity contribution in [3.05, 3.63) is 64.8 Å². The summed E-state index contributed by atoms with van der Waals surface area (Å²) in [5.74, 6) is 0.673. The molecule has 0 fully saturated rings. The number of ether oxygens (including phenoxy) is 1. The Bertz CT molecular complexity index is 865. The Hall–Kier alpha value is -2.75. The first-order valence-corrected chi connectivity index (χ1v) is 7.59. The van der Waals surface area contributed by atoms with Gasteiger partial charge in [-0.15, -0.1) is 0 Å². The van der Waals surface area contributed by atoms with Gasteiger partial charge in [0.05, 0.1) is 7.11 Å². The number of aromatic amines is 1. The quantitative estimate of drug-likeness (QED) is 0.771. The van der Waals surface area contributed by atoms with Gasteiger partial charge in [0.2, 0.25) is 0 Å². The van der Waals surface area contributed by atoms with Crippen LogP contribution in [0.25, 0.3) is 10.9 Å². The molecule has 2 aromatic carbocycles. The summed E-state index contributed by atoms with van der Waals surface area (Å²) in [5, 5.41) is 4.02. The van der Waals surface area contributed by atoms with E-state index < -0.39 is 0 Å². The second-order valence-corrected chi connectivity index (χ2v) is 5.65. The number of carbonyl (C=O) groups is 1. The topological polar surface area (TPSA) is 54.1 Å². The van der Waals surface area contributed by atoms with Crippen molar-refractivity contribution in [3.63, 3.8) is 0 Å². The molecule has 0 bridgehead atoms. The molecular formula is C19H20N2O2. The SMILES string of the molecule is COc1ccc2c(C)c(C(=O)NCc3ccccc3C)[nH]c2c1. The monoisotopic (exact) mass is 308 g/mol. The van der Waals surface area contributed by atoms with Crippen LogP contribution in [0.5, 0.6) is 5.75 Å². The maximum atomic E-state index is 12.5. The highest BCUT2D eigenvalue weighted by Crippen LogP contribution is 2.25. The molecule has 0 aliphatic rings. The van der Waals surface area contributed by atoms with E-state index in [-0.39, 0.29) is 5.91 Å². The third kappa shape index (κ3) is 2.93. The van der Waals surface area contributed by atoms with E-state index in [9.17, 15) is 4.79 Å². The van der Waals surface area contributed by atoms with Gasteiger partial charge in [-0.3, -0.25) is 4.79 Å². The van der Waals surface area contributed by atoms with Gasteiger partial charge in [0.25, 0.3) is 5.91 Å². The van der Waals surface area contributed by atoms with E-state index in [0.29, 0.717) is 12.2 Å². The van der Waals surface area contributed by atoms with Gasteiger partial charge >= 0.3 is 0 Å². The standard InChI is InChI=1S/C19H20N2O2/c1-12-6-4-5-7-14(12)11-20-19(22)18-13(2)16-9-8-15(23-3)10-17(16)21-18/h4-10,21H,11H2,1-3H3,(H,20,22). The Balaban J connectivity index is 1.83. The van der Waals surface area contributed by atoms with Crippen molar-refractivity contribution in [3.8, 4) is 5.75 Å². The number of amides is 1. The highest BCUT2D eigenvalue weighted by Gasteiger charge is 2.15. The number of hydrogen-bond acceptors (Lipinski definition) is 2. The zero-order chi connectivity index (χ0) is 16.4. The van der Waals surface area contributed by atoms with E-state index in [1.807, 2.05) is 56.3 Å². The molecule has 0 aliphatic heterocycles. The summed E-state index contributed by atoms with van der Waals surface area (Å²) in [4.78, 5) is 15.7. The molecule has 3 rings (SSSR count). The molecule has 0 saturated heterocycles. The van der Waals surface area contributed by atoms with Gasteiger partial charge in [0.1, 0.15) is 11.4 Å². The smallest absolute Gasteiger partial charge is 0.268 e. The summed E-state index contributed by atoms with van der Waals surface area (Å²) in [7, 11) is 1.63. The minimum Gasteiger partial charge on any atom is -0.497 e. The molecule has 118 valence electrons. The molecule has 0 radical (unpaired) electrons. The Kier molecular flexibility index (Phi) is 4.06. The van der Waals surface area contributed by atoms with Crippen molar-refractivity contribution in [1.29, 1.82) is 0 Å². The van der Waals surface area contributed by atoms with Crippen LogP contribution < -0.4 is 10.1 Å². The fourth-order valence-corrected chi connectivity index (χ4v) is 2.74. The number of aryl methyl sites for hydroxylation is 2. The van der Waals surface area contributed by atoms with E-state index in [1.165, 1.54) is 5.56 Å². The molecule has 1 aromatic heterocycles. The molecule has 0 spiro atoms. The highest BCUT2D eigenvalue weighted by molar-refractivity contribution is 6.01. The van der Waals surface area contributed by atoms with Crippen LogP contribution in [0, 0.1) is 13.8 Å². The van der Waals surface area contributed by atoms with Crippen LogP contribution >= 0.6 is 0 Å². The predicted octanol–water partition coefficient (Wildman–Crippen LogP) is 3.72. The van der Waals surface area contributed by atoms with Crippen LogP contribution in [-0.2, 0) is 6.54 Å². The first kappa shape index (κ1) is 15.2. The van der Waals surface area contributed by atoms with E-state index in [1.54, 1.807) is 7.11 Å². The zero-order valence-electron chi connectivity index (χ0n) is 13.6. The number of nitrogens with one attached hydrogen (secondary N) is 2. The fourth-order valence-electron chi connectivity index (χ4n) is 2.74. The van der Waals surface area contributed by atoms with Crippen molar-refractivity contribution >= 4 is 16.8 Å². The summed E-state index contributed by atoms with van der Waals surface area (Å²) in [6, 6.07) is 13.8. The molecule has 0 atom stereocenters. The largest absolute Gasteiger partial charge is 0.497 e. The van der Waals surface area contributed by atoms with Gasteiger partial charge in [-0.05, 0) is 42.7 Å². The van der Waals surface area contributed by atoms with Crippen LogP contribution in [0.4, 0.5) is 0 Å². The van der Waals surface area contributed by atoms with Crippen molar-refractivity contribution in [1.82, 2.24) is 10.3 Å². The minimum absolute atomic E-state index is 0.0964. The van der Waals surface area contributed by atoms with E-state index in [2.05, 4.69) is 10.3 Å². The summed E-state index contributed by atoms with van der Waals surface area (Å²) < 4.78 is 5.23. The van der Waals surface area contributed by atoms with Crippen molar-refractivity contribution in [2.45, 2.75) is 20.4 Å². The molecule has 1 heterocycles. The molecular weight excluding hydrogens is 288 g/mol. The fraction of sp³-hybridized carbons (Fsp3) is 0.211. The van der Waals surface area contributed by atoms with Gasteiger partial charge in [0.15, 0.2) is 0 Å². The van der Waals surface area contributed by atoms with Gasteiger partial charge in [-0.1, -0.05) is 24.3 Å². The number of aromatic nitrogens is 1. The molecule has 2 N–H and O–H groups in total. The van der Waals surface area contributed by atoms with E-state index in [0.717, 1.165) is 27.8 Å².